The number of hydrogen-bond donors (Lipinski definition) is 1. The van der Waals surface area contributed by atoms with Gasteiger partial charge in [0.1, 0.15) is 5.54 Å². The van der Waals surface area contributed by atoms with Crippen molar-refractivity contribution in [3.63, 3.8) is 0 Å². The third-order valence-electron chi connectivity index (χ3n) is 3.81. The predicted octanol–water partition coefficient (Wildman–Crippen LogP) is 2.31. The summed E-state index contributed by atoms with van der Waals surface area (Å²) in [7, 11) is 0. The van der Waals surface area contributed by atoms with E-state index in [2.05, 4.69) is 18.7 Å². The fourth-order valence-corrected chi connectivity index (χ4v) is 2.62. The van der Waals surface area contributed by atoms with E-state index in [1.165, 1.54) is 25.7 Å². The van der Waals surface area contributed by atoms with E-state index >= 15 is 0 Å². The Balaban J connectivity index is 2.54. The number of nitrogens with two attached hydrogens (primary N) is 1. The molecule has 0 amide bonds. The van der Waals surface area contributed by atoms with Gasteiger partial charge in [0.2, 0.25) is 0 Å². The first-order chi connectivity index (χ1) is 8.92. The molecule has 0 aliphatic heterocycles. The second-order valence-electron chi connectivity index (χ2n) is 6.01. The molecule has 1 aliphatic carbocycles. The zero-order valence-electron chi connectivity index (χ0n) is 12.9. The fourth-order valence-electron chi connectivity index (χ4n) is 2.62. The second-order valence-corrected chi connectivity index (χ2v) is 6.01. The minimum Gasteiger partial charge on any atom is -0.465 e. The number of unbranched alkanes of at least 4 members (excludes halogenated alkanes) is 1. The number of rotatable bonds is 9. The zero-order chi connectivity index (χ0) is 14.5. The van der Waals surface area contributed by atoms with Crippen molar-refractivity contribution >= 4 is 5.97 Å². The maximum absolute atomic E-state index is 11.9. The van der Waals surface area contributed by atoms with E-state index in [1.54, 1.807) is 6.92 Å². The van der Waals surface area contributed by atoms with Crippen molar-refractivity contribution in [1.29, 1.82) is 0 Å². The minimum atomic E-state index is -0.880. The van der Waals surface area contributed by atoms with Gasteiger partial charge in [0, 0.05) is 12.1 Å². The summed E-state index contributed by atoms with van der Waals surface area (Å²) in [6.07, 6.45) is 5.64. The Morgan fingerprint density at radius 1 is 1.47 bits per heavy atom. The van der Waals surface area contributed by atoms with Crippen LogP contribution in [0.15, 0.2) is 0 Å². The van der Waals surface area contributed by atoms with E-state index in [4.69, 9.17) is 10.5 Å². The largest absolute Gasteiger partial charge is 0.465 e. The van der Waals surface area contributed by atoms with Gasteiger partial charge in [0.25, 0.3) is 0 Å². The number of hydrogen-bond acceptors (Lipinski definition) is 4. The van der Waals surface area contributed by atoms with E-state index in [-0.39, 0.29) is 5.97 Å². The highest BCUT2D eigenvalue weighted by atomic mass is 16.5. The lowest BCUT2D eigenvalue weighted by atomic mass is 9.94. The lowest BCUT2D eigenvalue weighted by Gasteiger charge is -2.34. The van der Waals surface area contributed by atoms with Crippen molar-refractivity contribution in [2.75, 3.05) is 13.2 Å². The smallest absolute Gasteiger partial charge is 0.325 e. The Labute approximate surface area is 117 Å². The van der Waals surface area contributed by atoms with E-state index in [0.29, 0.717) is 25.1 Å². The standard InChI is InChI=1S/C15H30N2O2/c1-5-7-10-17(13-8-9-13)12(3)11-15(4,16)14(18)19-6-2/h12-13H,5-11,16H2,1-4H3. The molecule has 4 nitrogen and oxygen atoms in total. The molecule has 0 spiro atoms. The predicted molar refractivity (Wildman–Crippen MR) is 77.9 cm³/mol. The van der Waals surface area contributed by atoms with Crippen LogP contribution < -0.4 is 5.73 Å². The van der Waals surface area contributed by atoms with Crippen LogP contribution in [0.5, 0.6) is 0 Å². The molecule has 0 aromatic rings. The number of carbonyl (C=O) groups is 1. The Morgan fingerprint density at radius 3 is 2.58 bits per heavy atom. The summed E-state index contributed by atoms with van der Waals surface area (Å²) < 4.78 is 5.06. The minimum absolute atomic E-state index is 0.284. The normalized spacial score (nSPS) is 20.1. The first-order valence-electron chi connectivity index (χ1n) is 7.64. The van der Waals surface area contributed by atoms with Crippen LogP contribution in [0, 0.1) is 0 Å². The van der Waals surface area contributed by atoms with E-state index in [0.717, 1.165) is 6.54 Å². The molecular formula is C15H30N2O2. The van der Waals surface area contributed by atoms with E-state index in [1.807, 2.05) is 6.92 Å². The first kappa shape index (κ1) is 16.4. The third kappa shape index (κ3) is 5.11. The van der Waals surface area contributed by atoms with Gasteiger partial charge in [-0.15, -0.1) is 0 Å². The summed E-state index contributed by atoms with van der Waals surface area (Å²) in [4.78, 5) is 14.4. The van der Waals surface area contributed by atoms with Gasteiger partial charge in [-0.25, -0.2) is 0 Å². The summed E-state index contributed by atoms with van der Waals surface area (Å²) in [5.74, 6) is -0.284. The highest BCUT2D eigenvalue weighted by molar-refractivity contribution is 5.80. The van der Waals surface area contributed by atoms with Gasteiger partial charge in [-0.3, -0.25) is 9.69 Å². The molecule has 1 fully saturated rings. The van der Waals surface area contributed by atoms with Crippen molar-refractivity contribution < 1.29 is 9.53 Å². The van der Waals surface area contributed by atoms with Crippen molar-refractivity contribution in [3.05, 3.63) is 0 Å². The molecule has 19 heavy (non-hydrogen) atoms. The SMILES string of the molecule is CCCCN(C(C)CC(C)(N)C(=O)OCC)C1CC1. The molecule has 2 atom stereocenters. The molecule has 0 aromatic carbocycles. The fraction of sp³-hybridized carbons (Fsp3) is 0.933. The molecule has 1 rings (SSSR count). The monoisotopic (exact) mass is 270 g/mol. The van der Waals surface area contributed by atoms with Crippen LogP contribution in [0.2, 0.25) is 0 Å². The molecule has 0 radical (unpaired) electrons. The van der Waals surface area contributed by atoms with Crippen molar-refractivity contribution in [2.45, 2.75) is 77.4 Å². The van der Waals surface area contributed by atoms with Gasteiger partial charge in [0.15, 0.2) is 0 Å². The molecule has 0 bridgehead atoms. The molecule has 1 aliphatic rings. The van der Waals surface area contributed by atoms with Gasteiger partial charge < -0.3 is 10.5 Å². The van der Waals surface area contributed by atoms with Crippen LogP contribution in [0.1, 0.15) is 59.8 Å². The molecule has 2 N–H and O–H groups in total. The molecule has 0 aromatic heterocycles. The van der Waals surface area contributed by atoms with E-state index < -0.39 is 5.54 Å². The first-order valence-corrected chi connectivity index (χ1v) is 7.64. The van der Waals surface area contributed by atoms with Crippen LogP contribution in [0.3, 0.4) is 0 Å². The lowest BCUT2D eigenvalue weighted by Crippen LogP contribution is -2.51. The molecule has 0 heterocycles. The molecule has 2 unspecified atom stereocenters. The summed E-state index contributed by atoms with van der Waals surface area (Å²) in [5.41, 5.74) is 5.25. The Hall–Kier alpha value is -0.610. The van der Waals surface area contributed by atoms with Gasteiger partial charge in [0.05, 0.1) is 6.61 Å². The second kappa shape index (κ2) is 7.25. The molecule has 112 valence electrons. The van der Waals surface area contributed by atoms with Crippen LogP contribution >= 0.6 is 0 Å². The van der Waals surface area contributed by atoms with E-state index in [9.17, 15) is 4.79 Å². The lowest BCUT2D eigenvalue weighted by molar-refractivity contribution is -0.149. The van der Waals surface area contributed by atoms with Gasteiger partial charge >= 0.3 is 5.97 Å². The Bertz CT molecular complexity index is 288. The number of esters is 1. The maximum atomic E-state index is 11.9. The maximum Gasteiger partial charge on any atom is 0.325 e. The quantitative estimate of drug-likeness (QED) is 0.653. The van der Waals surface area contributed by atoms with Gasteiger partial charge in [-0.05, 0) is 53.0 Å². The molecule has 1 saturated carbocycles. The van der Waals surface area contributed by atoms with Gasteiger partial charge in [-0.2, -0.15) is 0 Å². The summed E-state index contributed by atoms with van der Waals surface area (Å²) in [6, 6.07) is 1.04. The van der Waals surface area contributed by atoms with Crippen LogP contribution in [0.4, 0.5) is 0 Å². The van der Waals surface area contributed by atoms with Crippen molar-refractivity contribution in [1.82, 2.24) is 4.90 Å². The average Bonchev–Trinajstić information content (AvgIpc) is 3.13. The Kier molecular flexibility index (Phi) is 6.27. The zero-order valence-corrected chi connectivity index (χ0v) is 12.9. The van der Waals surface area contributed by atoms with Crippen LogP contribution in [0.25, 0.3) is 0 Å². The summed E-state index contributed by atoms with van der Waals surface area (Å²) in [6.45, 7) is 9.49. The number of ether oxygens (including phenoxy) is 1. The van der Waals surface area contributed by atoms with Crippen LogP contribution in [-0.4, -0.2) is 41.6 Å². The molecule has 4 heteroatoms. The van der Waals surface area contributed by atoms with Crippen molar-refractivity contribution in [2.24, 2.45) is 5.73 Å². The molecule has 0 saturated heterocycles. The number of carbonyl (C=O) groups excluding carboxylic acids is 1. The van der Waals surface area contributed by atoms with Gasteiger partial charge in [-0.1, -0.05) is 13.3 Å². The Morgan fingerprint density at radius 2 is 2.11 bits per heavy atom. The van der Waals surface area contributed by atoms with Crippen LogP contribution in [-0.2, 0) is 9.53 Å². The van der Waals surface area contributed by atoms with Crippen molar-refractivity contribution in [3.8, 4) is 0 Å². The molecular weight excluding hydrogens is 240 g/mol. The topological polar surface area (TPSA) is 55.6 Å². The summed E-state index contributed by atoms with van der Waals surface area (Å²) in [5, 5.41) is 0. The number of nitrogens with zero attached hydrogens (tertiary/aromatic N) is 1. The highest BCUT2D eigenvalue weighted by Gasteiger charge is 2.37. The highest BCUT2D eigenvalue weighted by Crippen LogP contribution is 2.31. The third-order valence-corrected chi connectivity index (χ3v) is 3.81. The summed E-state index contributed by atoms with van der Waals surface area (Å²) >= 11 is 0. The average molecular weight is 270 g/mol.